The number of aromatic nitrogens is 2. The first kappa shape index (κ1) is 12.5. The fourth-order valence-corrected chi connectivity index (χ4v) is 2.50. The zero-order chi connectivity index (χ0) is 14.1. The van der Waals surface area contributed by atoms with Crippen LogP contribution in [0.4, 0.5) is 5.82 Å². The smallest absolute Gasteiger partial charge is 0.229 e. The number of terminal acetylenes is 1. The third-order valence-corrected chi connectivity index (χ3v) is 3.64. The van der Waals surface area contributed by atoms with Gasteiger partial charge in [-0.15, -0.1) is 12.3 Å². The predicted octanol–water partition coefficient (Wildman–Crippen LogP) is 2.37. The Kier molecular flexibility index (Phi) is 3.03. The molecule has 4 nitrogen and oxygen atoms in total. The third kappa shape index (κ3) is 2.08. The van der Waals surface area contributed by atoms with Gasteiger partial charge in [-0.1, -0.05) is 24.3 Å². The van der Waals surface area contributed by atoms with E-state index in [-0.39, 0.29) is 11.8 Å². The highest BCUT2D eigenvalue weighted by Gasteiger charge is 2.30. The van der Waals surface area contributed by atoms with Crippen molar-refractivity contribution in [2.24, 2.45) is 5.92 Å². The highest BCUT2D eigenvalue weighted by atomic mass is 16.2. The van der Waals surface area contributed by atoms with Gasteiger partial charge in [-0.2, -0.15) is 5.10 Å². The van der Waals surface area contributed by atoms with Crippen molar-refractivity contribution in [1.29, 1.82) is 0 Å². The van der Waals surface area contributed by atoms with Crippen molar-refractivity contribution >= 4 is 11.7 Å². The van der Waals surface area contributed by atoms with Crippen molar-refractivity contribution in [3.05, 3.63) is 35.9 Å². The second kappa shape index (κ2) is 4.86. The molecule has 3 rings (SSSR count). The van der Waals surface area contributed by atoms with Crippen molar-refractivity contribution in [1.82, 2.24) is 10.2 Å². The Labute approximate surface area is 117 Å². The fraction of sp³-hybridized carbons (Fsp3) is 0.250. The summed E-state index contributed by atoms with van der Waals surface area (Å²) in [6.07, 6.45) is 5.80. The summed E-state index contributed by atoms with van der Waals surface area (Å²) < 4.78 is 0. The minimum Gasteiger partial charge on any atom is -0.294 e. The van der Waals surface area contributed by atoms with Crippen molar-refractivity contribution in [3.8, 4) is 23.6 Å². The van der Waals surface area contributed by atoms with E-state index in [1.807, 2.05) is 37.3 Å². The lowest BCUT2D eigenvalue weighted by molar-refractivity contribution is -0.117. The van der Waals surface area contributed by atoms with Crippen LogP contribution in [0.5, 0.6) is 0 Å². The van der Waals surface area contributed by atoms with Crippen LogP contribution >= 0.6 is 0 Å². The molecule has 1 aliphatic heterocycles. The Morgan fingerprint density at radius 3 is 2.95 bits per heavy atom. The van der Waals surface area contributed by atoms with Crippen LogP contribution in [0.2, 0.25) is 0 Å². The SMILES string of the molecule is C#CC1CC(=O)N(c2cc(-c3ccccc3C)[nH]n2)C1. The lowest BCUT2D eigenvalue weighted by atomic mass is 10.1. The zero-order valence-corrected chi connectivity index (χ0v) is 11.3. The Bertz CT molecular complexity index is 696. The van der Waals surface area contributed by atoms with E-state index in [0.717, 1.165) is 16.8 Å². The van der Waals surface area contributed by atoms with Crippen molar-refractivity contribution in [2.45, 2.75) is 13.3 Å². The van der Waals surface area contributed by atoms with Crippen molar-refractivity contribution < 1.29 is 4.79 Å². The molecule has 0 radical (unpaired) electrons. The monoisotopic (exact) mass is 265 g/mol. The molecule has 2 aromatic rings. The first-order valence-electron chi connectivity index (χ1n) is 6.57. The highest BCUT2D eigenvalue weighted by Crippen LogP contribution is 2.28. The predicted molar refractivity (Wildman–Crippen MR) is 78.1 cm³/mol. The highest BCUT2D eigenvalue weighted by molar-refractivity contribution is 5.95. The van der Waals surface area contributed by atoms with Crippen LogP contribution in [0, 0.1) is 25.2 Å². The number of H-pyrrole nitrogens is 1. The van der Waals surface area contributed by atoms with E-state index in [0.29, 0.717) is 18.8 Å². The number of hydrogen-bond acceptors (Lipinski definition) is 2. The lowest BCUT2D eigenvalue weighted by Crippen LogP contribution is -2.24. The molecule has 0 spiro atoms. The first-order valence-corrected chi connectivity index (χ1v) is 6.57. The van der Waals surface area contributed by atoms with Gasteiger partial charge in [-0.05, 0) is 12.5 Å². The second-order valence-electron chi connectivity index (χ2n) is 5.03. The van der Waals surface area contributed by atoms with Crippen LogP contribution in [0.15, 0.2) is 30.3 Å². The summed E-state index contributed by atoms with van der Waals surface area (Å²) in [5, 5.41) is 7.24. The Hall–Kier alpha value is -2.54. The maximum absolute atomic E-state index is 11.9. The molecule has 0 bridgehead atoms. The van der Waals surface area contributed by atoms with Gasteiger partial charge in [0.25, 0.3) is 0 Å². The number of hydrogen-bond donors (Lipinski definition) is 1. The van der Waals surface area contributed by atoms with Crippen LogP contribution in [-0.4, -0.2) is 22.6 Å². The van der Waals surface area contributed by atoms with Crippen LogP contribution in [0.1, 0.15) is 12.0 Å². The molecule has 4 heteroatoms. The van der Waals surface area contributed by atoms with Gasteiger partial charge in [0.15, 0.2) is 5.82 Å². The maximum Gasteiger partial charge on any atom is 0.229 e. The Morgan fingerprint density at radius 1 is 1.45 bits per heavy atom. The lowest BCUT2D eigenvalue weighted by Gasteiger charge is -2.11. The number of aryl methyl sites for hydroxylation is 1. The molecule has 0 aliphatic carbocycles. The number of carbonyl (C=O) groups excluding carboxylic acids is 1. The Morgan fingerprint density at radius 2 is 2.25 bits per heavy atom. The number of aromatic amines is 1. The Balaban J connectivity index is 1.90. The largest absolute Gasteiger partial charge is 0.294 e. The van der Waals surface area contributed by atoms with Gasteiger partial charge in [0.05, 0.1) is 5.69 Å². The quantitative estimate of drug-likeness (QED) is 0.847. The molecule has 1 aromatic heterocycles. The minimum atomic E-state index is -0.0129. The van der Waals surface area contributed by atoms with Gasteiger partial charge in [0, 0.05) is 30.5 Å². The number of carbonyl (C=O) groups is 1. The van der Waals surface area contributed by atoms with E-state index in [1.54, 1.807) is 4.90 Å². The average Bonchev–Trinajstić information content (AvgIpc) is 3.05. The molecule has 2 heterocycles. The number of nitrogens with zero attached hydrogens (tertiary/aromatic N) is 2. The van der Waals surface area contributed by atoms with E-state index in [1.165, 1.54) is 0 Å². The zero-order valence-electron chi connectivity index (χ0n) is 11.3. The van der Waals surface area contributed by atoms with Crippen LogP contribution in [0.3, 0.4) is 0 Å². The number of nitrogens with one attached hydrogen (secondary N) is 1. The normalized spacial score (nSPS) is 18.3. The van der Waals surface area contributed by atoms with Gasteiger partial charge in [-0.25, -0.2) is 0 Å². The summed E-state index contributed by atoms with van der Waals surface area (Å²) in [7, 11) is 0. The molecule has 100 valence electrons. The molecule has 1 atom stereocenters. The topological polar surface area (TPSA) is 49.0 Å². The van der Waals surface area contributed by atoms with Crippen LogP contribution in [0.25, 0.3) is 11.3 Å². The standard InChI is InChI=1S/C16H15N3O/c1-3-12-8-16(20)19(10-12)15-9-14(17-18-15)13-7-5-4-6-11(13)2/h1,4-7,9,12H,8,10H2,2H3,(H,17,18). The van der Waals surface area contributed by atoms with Gasteiger partial charge in [0.2, 0.25) is 5.91 Å². The molecule has 1 aliphatic rings. The van der Waals surface area contributed by atoms with Gasteiger partial charge in [0.1, 0.15) is 0 Å². The molecule has 1 N–H and O–H groups in total. The van der Waals surface area contributed by atoms with Crippen LogP contribution < -0.4 is 4.90 Å². The van der Waals surface area contributed by atoms with Gasteiger partial charge in [-0.3, -0.25) is 14.8 Å². The summed E-state index contributed by atoms with van der Waals surface area (Å²) in [6.45, 7) is 2.60. The maximum atomic E-state index is 11.9. The van der Waals surface area contributed by atoms with E-state index >= 15 is 0 Å². The molecular formula is C16H15N3O. The average molecular weight is 265 g/mol. The number of anilines is 1. The molecule has 1 aromatic carbocycles. The van der Waals surface area contributed by atoms with Crippen molar-refractivity contribution in [2.75, 3.05) is 11.4 Å². The number of benzene rings is 1. The summed E-state index contributed by atoms with van der Waals surface area (Å²) in [5.74, 6) is 3.31. The molecule has 1 fully saturated rings. The third-order valence-electron chi connectivity index (χ3n) is 3.64. The molecule has 1 unspecified atom stereocenters. The van der Waals surface area contributed by atoms with E-state index in [2.05, 4.69) is 16.1 Å². The summed E-state index contributed by atoms with van der Waals surface area (Å²) in [6, 6.07) is 9.96. The van der Waals surface area contributed by atoms with Gasteiger partial charge >= 0.3 is 0 Å². The van der Waals surface area contributed by atoms with E-state index < -0.39 is 0 Å². The molecular weight excluding hydrogens is 250 g/mol. The number of amides is 1. The summed E-state index contributed by atoms with van der Waals surface area (Å²) in [4.78, 5) is 13.6. The van der Waals surface area contributed by atoms with E-state index in [9.17, 15) is 4.79 Å². The van der Waals surface area contributed by atoms with E-state index in [4.69, 9.17) is 6.42 Å². The van der Waals surface area contributed by atoms with Gasteiger partial charge < -0.3 is 0 Å². The molecule has 1 saturated heterocycles. The minimum absolute atomic E-state index is 0.0129. The number of rotatable bonds is 2. The van der Waals surface area contributed by atoms with Crippen LogP contribution in [-0.2, 0) is 4.79 Å². The fourth-order valence-electron chi connectivity index (χ4n) is 2.50. The molecule has 1 amide bonds. The summed E-state index contributed by atoms with van der Waals surface area (Å²) >= 11 is 0. The van der Waals surface area contributed by atoms with Crippen molar-refractivity contribution in [3.63, 3.8) is 0 Å². The second-order valence-corrected chi connectivity index (χ2v) is 5.03. The first-order chi connectivity index (χ1) is 9.69. The molecule has 20 heavy (non-hydrogen) atoms. The molecule has 0 saturated carbocycles. The summed E-state index contributed by atoms with van der Waals surface area (Å²) in [5.41, 5.74) is 3.17.